The van der Waals surface area contributed by atoms with Crippen LogP contribution in [-0.2, 0) is 14.8 Å². The van der Waals surface area contributed by atoms with Crippen LogP contribution in [-0.4, -0.2) is 51.2 Å². The van der Waals surface area contributed by atoms with Gasteiger partial charge in [-0.2, -0.15) is 4.31 Å². The van der Waals surface area contributed by atoms with E-state index in [1.54, 1.807) is 60.8 Å². The molecule has 1 amide bonds. The predicted molar refractivity (Wildman–Crippen MR) is 101 cm³/mol. The fourth-order valence-electron chi connectivity index (χ4n) is 2.63. The van der Waals surface area contributed by atoms with E-state index < -0.39 is 27.8 Å². The van der Waals surface area contributed by atoms with E-state index in [1.807, 2.05) is 0 Å². The fraction of sp³-hybridized carbons (Fsp3) is 0.611. The maximum Gasteiger partial charge on any atom is 0.407 e. The largest absolute Gasteiger partial charge is 0.497 e. The summed E-state index contributed by atoms with van der Waals surface area (Å²) in [6.07, 6.45) is -0.576. The normalized spacial score (nSPS) is 13.4. The third-order valence-corrected chi connectivity index (χ3v) is 5.76. The van der Waals surface area contributed by atoms with Crippen molar-refractivity contribution in [3.63, 3.8) is 0 Å². The quantitative estimate of drug-likeness (QED) is 0.813. The highest BCUT2D eigenvalue weighted by Gasteiger charge is 2.27. The zero-order chi connectivity index (χ0) is 20.3. The van der Waals surface area contributed by atoms with E-state index in [1.165, 1.54) is 11.4 Å². The van der Waals surface area contributed by atoms with Crippen LogP contribution in [0.4, 0.5) is 4.79 Å². The van der Waals surface area contributed by atoms with Crippen LogP contribution in [0.15, 0.2) is 17.0 Å². The maximum absolute atomic E-state index is 13.0. The van der Waals surface area contributed by atoms with Crippen molar-refractivity contribution in [3.8, 4) is 5.75 Å². The van der Waals surface area contributed by atoms with Gasteiger partial charge in [0, 0.05) is 19.6 Å². The number of hydrogen-bond acceptors (Lipinski definition) is 5. The molecule has 0 aliphatic carbocycles. The highest BCUT2D eigenvalue weighted by molar-refractivity contribution is 7.89. The first-order chi connectivity index (χ1) is 11.8. The monoisotopic (exact) mass is 386 g/mol. The Labute approximate surface area is 156 Å². The number of carbonyl (C=O) groups excluding carboxylic acids is 1. The second-order valence-corrected chi connectivity index (χ2v) is 9.40. The Morgan fingerprint density at radius 1 is 1.23 bits per heavy atom. The molecule has 0 aliphatic rings. The second kappa shape index (κ2) is 8.26. The summed E-state index contributed by atoms with van der Waals surface area (Å²) in [5.74, 6) is 0.613. The zero-order valence-electron chi connectivity index (χ0n) is 16.8. The molecule has 1 aromatic rings. The van der Waals surface area contributed by atoms with Crippen LogP contribution in [0.1, 0.15) is 38.8 Å². The summed E-state index contributed by atoms with van der Waals surface area (Å²) in [6.45, 7) is 10.6. The minimum absolute atomic E-state index is 0.118. The highest BCUT2D eigenvalue weighted by Crippen LogP contribution is 2.27. The zero-order valence-corrected chi connectivity index (χ0v) is 17.7. The number of likely N-dealkylation sites (N-methyl/N-ethyl adjacent to an activating group) is 1. The summed E-state index contributed by atoms with van der Waals surface area (Å²) in [7, 11) is -0.674. The first-order valence-corrected chi connectivity index (χ1v) is 9.83. The molecule has 26 heavy (non-hydrogen) atoms. The third-order valence-electron chi connectivity index (χ3n) is 3.63. The van der Waals surface area contributed by atoms with Crippen molar-refractivity contribution >= 4 is 16.1 Å². The first-order valence-electron chi connectivity index (χ1n) is 8.39. The molecular formula is C18H30N2O5S. The van der Waals surface area contributed by atoms with Gasteiger partial charge in [0.2, 0.25) is 10.0 Å². The van der Waals surface area contributed by atoms with Gasteiger partial charge in [-0.05, 0) is 64.8 Å². The third kappa shape index (κ3) is 5.88. The van der Waals surface area contributed by atoms with E-state index >= 15 is 0 Å². The van der Waals surface area contributed by atoms with Gasteiger partial charge in [-0.3, -0.25) is 0 Å². The van der Waals surface area contributed by atoms with Crippen LogP contribution >= 0.6 is 0 Å². The molecule has 0 aliphatic heterocycles. The number of benzene rings is 1. The topological polar surface area (TPSA) is 84.9 Å². The minimum Gasteiger partial charge on any atom is -0.497 e. The van der Waals surface area contributed by atoms with Gasteiger partial charge in [0.05, 0.1) is 12.0 Å². The molecular weight excluding hydrogens is 356 g/mol. The number of sulfonamides is 1. The molecule has 0 spiro atoms. The molecule has 7 nitrogen and oxygen atoms in total. The molecule has 0 aromatic heterocycles. The van der Waals surface area contributed by atoms with Crippen molar-refractivity contribution < 1.29 is 22.7 Å². The molecule has 0 saturated carbocycles. The maximum atomic E-state index is 13.0. The van der Waals surface area contributed by atoms with E-state index in [4.69, 9.17) is 9.47 Å². The Kier molecular flexibility index (Phi) is 7.07. The van der Waals surface area contributed by atoms with E-state index in [2.05, 4.69) is 5.32 Å². The van der Waals surface area contributed by atoms with Crippen LogP contribution in [0.3, 0.4) is 0 Å². The van der Waals surface area contributed by atoms with Crippen molar-refractivity contribution in [3.05, 3.63) is 23.3 Å². The molecule has 1 aromatic carbocycles. The van der Waals surface area contributed by atoms with Crippen LogP contribution in [0.5, 0.6) is 5.75 Å². The number of nitrogens with zero attached hydrogens (tertiary/aromatic N) is 1. The molecule has 0 fully saturated rings. The average Bonchev–Trinajstić information content (AvgIpc) is 2.43. The number of alkyl carbamates (subject to hydrolysis) is 1. The lowest BCUT2D eigenvalue weighted by molar-refractivity contribution is 0.0504. The van der Waals surface area contributed by atoms with Gasteiger partial charge in [0.25, 0.3) is 0 Å². The van der Waals surface area contributed by atoms with Gasteiger partial charge in [0.15, 0.2) is 0 Å². The predicted octanol–water partition coefficient (Wildman–Crippen LogP) is 2.85. The Balaban J connectivity index is 2.92. The van der Waals surface area contributed by atoms with E-state index in [-0.39, 0.29) is 11.4 Å². The van der Waals surface area contributed by atoms with Crippen molar-refractivity contribution in [1.29, 1.82) is 0 Å². The molecule has 0 bridgehead atoms. The number of methoxy groups -OCH3 is 1. The van der Waals surface area contributed by atoms with Crippen LogP contribution < -0.4 is 10.1 Å². The number of rotatable bonds is 6. The molecule has 8 heteroatoms. The van der Waals surface area contributed by atoms with Crippen molar-refractivity contribution in [2.45, 2.75) is 58.1 Å². The number of nitrogens with one attached hydrogen (secondary N) is 1. The summed E-state index contributed by atoms with van der Waals surface area (Å²) >= 11 is 0. The molecule has 0 unspecified atom stereocenters. The molecule has 1 atom stereocenters. The smallest absolute Gasteiger partial charge is 0.407 e. The lowest BCUT2D eigenvalue weighted by Gasteiger charge is -2.25. The van der Waals surface area contributed by atoms with Gasteiger partial charge in [-0.15, -0.1) is 0 Å². The molecule has 1 N–H and O–H groups in total. The van der Waals surface area contributed by atoms with Crippen LogP contribution in [0.25, 0.3) is 0 Å². The van der Waals surface area contributed by atoms with E-state index in [9.17, 15) is 13.2 Å². The van der Waals surface area contributed by atoms with Crippen molar-refractivity contribution in [2.75, 3.05) is 20.7 Å². The Hall–Kier alpha value is -1.80. The van der Waals surface area contributed by atoms with Crippen molar-refractivity contribution in [2.24, 2.45) is 0 Å². The van der Waals surface area contributed by atoms with Gasteiger partial charge in [0.1, 0.15) is 11.4 Å². The summed E-state index contributed by atoms with van der Waals surface area (Å²) in [6, 6.07) is 2.97. The Morgan fingerprint density at radius 2 is 1.73 bits per heavy atom. The molecule has 148 valence electrons. The summed E-state index contributed by atoms with van der Waals surface area (Å²) in [5, 5.41) is 2.65. The van der Waals surface area contributed by atoms with Gasteiger partial charge >= 0.3 is 6.09 Å². The fourth-order valence-corrected chi connectivity index (χ4v) is 4.29. The number of carbonyl (C=O) groups is 1. The summed E-state index contributed by atoms with van der Waals surface area (Å²) in [5.41, 5.74) is 0.613. The van der Waals surface area contributed by atoms with E-state index in [0.29, 0.717) is 16.9 Å². The summed E-state index contributed by atoms with van der Waals surface area (Å²) < 4.78 is 37.5. The number of amides is 1. The minimum atomic E-state index is -3.71. The first kappa shape index (κ1) is 22.2. The van der Waals surface area contributed by atoms with Gasteiger partial charge in [-0.1, -0.05) is 0 Å². The Bertz CT molecular complexity index is 730. The van der Waals surface area contributed by atoms with Gasteiger partial charge < -0.3 is 14.8 Å². The van der Waals surface area contributed by atoms with Crippen LogP contribution in [0, 0.1) is 13.8 Å². The van der Waals surface area contributed by atoms with Crippen molar-refractivity contribution in [1.82, 2.24) is 9.62 Å². The average molecular weight is 387 g/mol. The van der Waals surface area contributed by atoms with Crippen LogP contribution in [0.2, 0.25) is 0 Å². The highest BCUT2D eigenvalue weighted by atomic mass is 32.2. The standard InChI is InChI=1S/C18H30N2O5S/c1-12-9-15(24-8)10-13(2)16(12)26(22,23)20(7)11-14(3)19-17(21)25-18(4,5)6/h9-10,14H,11H2,1-8H3,(H,19,21)/t14-/m1/s1. The number of ether oxygens (including phenoxy) is 2. The SMILES string of the molecule is COc1cc(C)c(S(=O)(=O)N(C)C[C@@H](C)NC(=O)OC(C)(C)C)c(C)c1. The lowest BCUT2D eigenvalue weighted by atomic mass is 10.1. The molecule has 1 rings (SSSR count). The van der Waals surface area contributed by atoms with Gasteiger partial charge in [-0.25, -0.2) is 13.2 Å². The molecule has 0 heterocycles. The number of hydrogen-bond donors (Lipinski definition) is 1. The lowest BCUT2D eigenvalue weighted by Crippen LogP contribution is -2.44. The molecule has 0 radical (unpaired) electrons. The number of aryl methyl sites for hydroxylation is 2. The molecule has 0 saturated heterocycles. The summed E-state index contributed by atoms with van der Waals surface area (Å²) in [4.78, 5) is 12.1. The van der Waals surface area contributed by atoms with E-state index in [0.717, 1.165) is 0 Å². The second-order valence-electron chi connectivity index (χ2n) is 7.42. The Morgan fingerprint density at radius 3 is 2.15 bits per heavy atom.